The fourth-order valence-electron chi connectivity index (χ4n) is 2.51. The summed E-state index contributed by atoms with van der Waals surface area (Å²) in [6.45, 7) is 3.77. The van der Waals surface area contributed by atoms with E-state index in [1.54, 1.807) is 0 Å². The van der Waals surface area contributed by atoms with Crippen LogP contribution in [-0.4, -0.2) is 26.2 Å². The molecule has 0 aliphatic carbocycles. The maximum absolute atomic E-state index is 6.09. The number of aromatic nitrogens is 1. The highest BCUT2D eigenvalue weighted by molar-refractivity contribution is 6.42. The number of pyridine rings is 1. The maximum atomic E-state index is 6.09. The number of benzene rings is 1. The predicted molar refractivity (Wildman–Crippen MR) is 88.3 cm³/mol. The van der Waals surface area contributed by atoms with Crippen molar-refractivity contribution in [2.75, 3.05) is 41.7 Å². The number of H-pyrrole nitrogens is 1. The lowest BCUT2D eigenvalue weighted by Gasteiger charge is -2.32. The van der Waals surface area contributed by atoms with Crippen LogP contribution in [0.15, 0.2) is 36.5 Å². The molecule has 0 spiro atoms. The summed E-state index contributed by atoms with van der Waals surface area (Å²) in [6, 6.07) is 9.72. The van der Waals surface area contributed by atoms with Gasteiger partial charge in [0.2, 0.25) is 0 Å². The fraction of sp³-hybridized carbons (Fsp3) is 0.267. The van der Waals surface area contributed by atoms with Crippen molar-refractivity contribution in [3.8, 4) is 0 Å². The third-order valence-corrected chi connectivity index (χ3v) is 4.45. The molecule has 6 heteroatoms. The first kappa shape index (κ1) is 14.3. The SMILES string of the molecule is Nc1ccc(N2CCN(c3ccc(Cl)c(Cl)c3)CC2)[nH+]c1. The number of nitrogen functional groups attached to an aromatic ring is 1. The lowest BCUT2D eigenvalue weighted by atomic mass is 10.2. The van der Waals surface area contributed by atoms with Crippen LogP contribution in [0.4, 0.5) is 17.2 Å². The Morgan fingerprint density at radius 2 is 1.62 bits per heavy atom. The van der Waals surface area contributed by atoms with Gasteiger partial charge in [-0.3, -0.25) is 4.90 Å². The normalized spacial score (nSPS) is 15.3. The van der Waals surface area contributed by atoms with Crippen molar-refractivity contribution in [2.24, 2.45) is 0 Å². The van der Waals surface area contributed by atoms with Crippen LogP contribution in [0.5, 0.6) is 0 Å². The highest BCUT2D eigenvalue weighted by Crippen LogP contribution is 2.28. The average Bonchev–Trinajstić information content (AvgIpc) is 2.51. The number of hydrogen-bond acceptors (Lipinski definition) is 3. The number of anilines is 3. The van der Waals surface area contributed by atoms with Crippen LogP contribution in [0.2, 0.25) is 10.0 Å². The number of nitrogens with two attached hydrogens (primary N) is 1. The van der Waals surface area contributed by atoms with Gasteiger partial charge in [-0.1, -0.05) is 23.2 Å². The van der Waals surface area contributed by atoms with Crippen LogP contribution in [0.3, 0.4) is 0 Å². The molecule has 0 radical (unpaired) electrons. The van der Waals surface area contributed by atoms with Crippen molar-refractivity contribution in [1.82, 2.24) is 0 Å². The van der Waals surface area contributed by atoms with Crippen molar-refractivity contribution in [1.29, 1.82) is 0 Å². The Morgan fingerprint density at radius 1 is 0.905 bits per heavy atom. The van der Waals surface area contributed by atoms with E-state index >= 15 is 0 Å². The molecule has 21 heavy (non-hydrogen) atoms. The number of piperazine rings is 1. The molecule has 0 bridgehead atoms. The molecule has 1 aliphatic rings. The number of nitrogens with zero attached hydrogens (tertiary/aromatic N) is 2. The number of aromatic amines is 1. The quantitative estimate of drug-likeness (QED) is 0.924. The van der Waals surface area contributed by atoms with Gasteiger partial charge in [0.25, 0.3) is 5.82 Å². The number of nitrogens with one attached hydrogen (secondary N) is 1. The van der Waals surface area contributed by atoms with E-state index in [9.17, 15) is 0 Å². The van der Waals surface area contributed by atoms with E-state index in [2.05, 4.69) is 14.8 Å². The van der Waals surface area contributed by atoms with E-state index in [1.807, 2.05) is 36.5 Å². The van der Waals surface area contributed by atoms with Crippen molar-refractivity contribution in [3.63, 3.8) is 0 Å². The second-order valence-electron chi connectivity index (χ2n) is 5.08. The lowest BCUT2D eigenvalue weighted by molar-refractivity contribution is -0.363. The molecule has 2 aromatic rings. The highest BCUT2D eigenvalue weighted by atomic mass is 35.5. The van der Waals surface area contributed by atoms with E-state index in [-0.39, 0.29) is 0 Å². The Kier molecular flexibility index (Phi) is 4.08. The van der Waals surface area contributed by atoms with Crippen LogP contribution >= 0.6 is 23.2 Å². The fourth-order valence-corrected chi connectivity index (χ4v) is 2.80. The number of rotatable bonds is 2. The molecule has 3 N–H and O–H groups in total. The van der Waals surface area contributed by atoms with Gasteiger partial charge in [-0.2, -0.15) is 0 Å². The molecule has 3 rings (SSSR count). The molecule has 1 aromatic carbocycles. The molecule has 1 fully saturated rings. The first-order valence-corrected chi connectivity index (χ1v) is 7.61. The van der Waals surface area contributed by atoms with Crippen LogP contribution < -0.4 is 20.5 Å². The van der Waals surface area contributed by atoms with Crippen molar-refractivity contribution < 1.29 is 4.98 Å². The Balaban J connectivity index is 1.67. The summed E-state index contributed by atoms with van der Waals surface area (Å²) in [4.78, 5) is 7.85. The maximum Gasteiger partial charge on any atom is 0.274 e. The van der Waals surface area contributed by atoms with Crippen LogP contribution in [0.25, 0.3) is 0 Å². The summed E-state index contributed by atoms with van der Waals surface area (Å²) < 4.78 is 0. The van der Waals surface area contributed by atoms with Gasteiger partial charge in [-0.05, 0) is 24.3 Å². The molecule has 0 atom stereocenters. The van der Waals surface area contributed by atoms with Crippen molar-refractivity contribution in [2.45, 2.75) is 0 Å². The largest absolute Gasteiger partial charge is 0.396 e. The zero-order valence-electron chi connectivity index (χ0n) is 11.5. The Bertz CT molecular complexity index is 622. The minimum Gasteiger partial charge on any atom is -0.396 e. The van der Waals surface area contributed by atoms with Crippen LogP contribution in [0, 0.1) is 0 Å². The standard InChI is InChI=1S/C15H16Cl2N4/c16-13-3-2-12(9-14(13)17)20-5-7-21(8-6-20)15-4-1-11(18)10-19-15/h1-4,9-10H,5-8,18H2/p+1. The van der Waals surface area contributed by atoms with Gasteiger partial charge in [0.15, 0.2) is 0 Å². The Morgan fingerprint density at radius 3 is 2.24 bits per heavy atom. The van der Waals surface area contributed by atoms with Gasteiger partial charge in [-0.25, -0.2) is 4.98 Å². The molecule has 0 amide bonds. The van der Waals surface area contributed by atoms with Gasteiger partial charge in [0, 0.05) is 11.8 Å². The van der Waals surface area contributed by atoms with Gasteiger partial charge in [-0.15, -0.1) is 0 Å². The van der Waals surface area contributed by atoms with Crippen molar-refractivity contribution in [3.05, 3.63) is 46.6 Å². The van der Waals surface area contributed by atoms with E-state index in [0.717, 1.165) is 43.4 Å². The first-order chi connectivity index (χ1) is 10.1. The Hall–Kier alpha value is -1.65. The van der Waals surface area contributed by atoms with E-state index in [1.165, 1.54) is 0 Å². The molecular formula is C15H17Cl2N4+. The summed E-state index contributed by atoms with van der Waals surface area (Å²) in [6.07, 6.45) is 1.82. The van der Waals surface area contributed by atoms with E-state index < -0.39 is 0 Å². The first-order valence-electron chi connectivity index (χ1n) is 6.85. The van der Waals surface area contributed by atoms with E-state index in [4.69, 9.17) is 28.9 Å². The average molecular weight is 324 g/mol. The molecule has 2 heterocycles. The van der Waals surface area contributed by atoms with Gasteiger partial charge in [0.1, 0.15) is 19.3 Å². The summed E-state index contributed by atoms with van der Waals surface area (Å²) in [5.74, 6) is 1.10. The second kappa shape index (κ2) is 6.00. The molecule has 1 aliphatic heterocycles. The third kappa shape index (κ3) is 3.17. The topological polar surface area (TPSA) is 46.6 Å². The van der Waals surface area contributed by atoms with Crippen LogP contribution in [0.1, 0.15) is 0 Å². The monoisotopic (exact) mass is 323 g/mol. The second-order valence-corrected chi connectivity index (χ2v) is 5.89. The summed E-state index contributed by atoms with van der Waals surface area (Å²) >= 11 is 12.0. The van der Waals surface area contributed by atoms with Gasteiger partial charge < -0.3 is 10.6 Å². The van der Waals surface area contributed by atoms with Gasteiger partial charge in [0.05, 0.1) is 28.8 Å². The van der Waals surface area contributed by atoms with E-state index in [0.29, 0.717) is 10.0 Å². The molecule has 1 saturated heterocycles. The Labute approximate surface area is 134 Å². The molecular weight excluding hydrogens is 307 g/mol. The summed E-state index contributed by atoms with van der Waals surface area (Å²) in [7, 11) is 0. The zero-order valence-corrected chi connectivity index (χ0v) is 13.0. The minimum absolute atomic E-state index is 0.593. The minimum atomic E-state index is 0.593. The highest BCUT2D eigenvalue weighted by Gasteiger charge is 2.23. The van der Waals surface area contributed by atoms with Crippen molar-refractivity contribution >= 4 is 40.4 Å². The molecule has 110 valence electrons. The zero-order chi connectivity index (χ0) is 14.8. The third-order valence-electron chi connectivity index (χ3n) is 3.71. The number of halogens is 2. The summed E-state index contributed by atoms with van der Waals surface area (Å²) in [5, 5.41) is 1.19. The number of hydrogen-bond donors (Lipinski definition) is 1. The van der Waals surface area contributed by atoms with Gasteiger partial charge >= 0.3 is 0 Å². The lowest BCUT2D eigenvalue weighted by Crippen LogP contribution is -2.48. The molecule has 4 nitrogen and oxygen atoms in total. The van der Waals surface area contributed by atoms with Crippen LogP contribution in [-0.2, 0) is 0 Å². The summed E-state index contributed by atoms with van der Waals surface area (Å²) in [5.41, 5.74) is 7.56. The molecule has 0 saturated carbocycles. The predicted octanol–water partition coefficient (Wildman–Crippen LogP) is 2.72. The smallest absolute Gasteiger partial charge is 0.274 e. The molecule has 1 aromatic heterocycles. The molecule has 0 unspecified atom stereocenters.